The minimum atomic E-state index is 0.817. The summed E-state index contributed by atoms with van der Waals surface area (Å²) in [6.45, 7) is 12.4. The highest BCUT2D eigenvalue weighted by molar-refractivity contribution is 4.56. The highest BCUT2D eigenvalue weighted by Crippen LogP contribution is 2.06. The molecule has 0 saturated carbocycles. The normalized spacial score (nSPS) is 11.4. The van der Waals surface area contributed by atoms with Gasteiger partial charge in [0.1, 0.15) is 0 Å². The second-order valence-electron chi connectivity index (χ2n) is 8.74. The first-order chi connectivity index (χ1) is 14.9. The van der Waals surface area contributed by atoms with E-state index in [4.69, 9.17) is 5.73 Å². The van der Waals surface area contributed by atoms with Gasteiger partial charge in [-0.1, -0.05) is 45.4 Å². The quantitative estimate of drug-likeness (QED) is 0.127. The van der Waals surface area contributed by atoms with Gasteiger partial charge in [0.25, 0.3) is 0 Å². The van der Waals surface area contributed by atoms with E-state index in [1.807, 2.05) is 0 Å². The highest BCUT2D eigenvalue weighted by Gasteiger charge is 1.94. The Kier molecular flexibility index (Phi) is 28.6. The lowest BCUT2D eigenvalue weighted by molar-refractivity contribution is 0.531. The second kappa shape index (κ2) is 28.8. The fourth-order valence-corrected chi connectivity index (χ4v) is 3.60. The van der Waals surface area contributed by atoms with E-state index in [1.165, 1.54) is 116 Å². The zero-order valence-corrected chi connectivity index (χ0v) is 20.5. The van der Waals surface area contributed by atoms with Crippen molar-refractivity contribution in [3.05, 3.63) is 0 Å². The van der Waals surface area contributed by atoms with Crippen LogP contribution in [0.15, 0.2) is 0 Å². The highest BCUT2D eigenvalue weighted by atomic mass is 14.9. The topological polar surface area (TPSA) is 74.1 Å². The molecule has 0 unspecified atom stereocenters. The van der Waals surface area contributed by atoms with Crippen LogP contribution in [0.1, 0.15) is 103 Å². The number of hydrogen-bond donors (Lipinski definition) is 5. The molecule has 5 heteroatoms. The fourth-order valence-electron chi connectivity index (χ4n) is 3.60. The summed E-state index contributed by atoms with van der Waals surface area (Å²) in [5.74, 6) is 0. The van der Waals surface area contributed by atoms with Crippen molar-refractivity contribution in [1.29, 1.82) is 0 Å². The number of unbranched alkanes of at least 4 members (excludes halogenated alkanes) is 10. The third-order valence-corrected chi connectivity index (χ3v) is 5.64. The summed E-state index contributed by atoms with van der Waals surface area (Å²) in [6, 6.07) is 0. The van der Waals surface area contributed by atoms with Crippen molar-refractivity contribution in [2.24, 2.45) is 5.73 Å². The molecule has 0 fully saturated rings. The van der Waals surface area contributed by atoms with Crippen molar-refractivity contribution in [2.75, 3.05) is 58.9 Å². The number of rotatable bonds is 27. The molecule has 0 bridgehead atoms. The maximum Gasteiger partial charge on any atom is -0.00484 e. The Labute approximate surface area is 189 Å². The molecule has 0 aliphatic heterocycles. The van der Waals surface area contributed by atoms with E-state index >= 15 is 0 Å². The van der Waals surface area contributed by atoms with E-state index in [9.17, 15) is 0 Å². The maximum absolute atomic E-state index is 5.49. The Hall–Kier alpha value is -0.200. The van der Waals surface area contributed by atoms with E-state index in [0.717, 1.165) is 39.1 Å². The lowest BCUT2D eigenvalue weighted by Crippen LogP contribution is -2.22. The molecule has 182 valence electrons. The summed E-state index contributed by atoms with van der Waals surface area (Å²) in [6.07, 6.45) is 19.9. The van der Waals surface area contributed by atoms with Crippen LogP contribution >= 0.6 is 0 Å². The van der Waals surface area contributed by atoms with Gasteiger partial charge in [-0.15, -0.1) is 0 Å². The number of nitrogens with one attached hydrogen (secondary N) is 4. The van der Waals surface area contributed by atoms with Gasteiger partial charge in [-0.3, -0.25) is 0 Å². The summed E-state index contributed by atoms with van der Waals surface area (Å²) in [7, 11) is 0. The molecular formula is C25H57N5. The van der Waals surface area contributed by atoms with Crippen molar-refractivity contribution in [1.82, 2.24) is 21.3 Å². The van der Waals surface area contributed by atoms with E-state index in [0.29, 0.717) is 0 Å². The van der Waals surface area contributed by atoms with Crippen LogP contribution in [0, 0.1) is 0 Å². The summed E-state index contributed by atoms with van der Waals surface area (Å²) < 4.78 is 0. The minimum absolute atomic E-state index is 0.817. The third kappa shape index (κ3) is 27.8. The molecule has 0 aliphatic carbocycles. The van der Waals surface area contributed by atoms with Crippen LogP contribution in [-0.2, 0) is 0 Å². The maximum atomic E-state index is 5.49. The lowest BCUT2D eigenvalue weighted by atomic mass is 10.1. The average molecular weight is 428 g/mol. The van der Waals surface area contributed by atoms with E-state index < -0.39 is 0 Å². The van der Waals surface area contributed by atoms with Gasteiger partial charge in [0.05, 0.1) is 0 Å². The second-order valence-corrected chi connectivity index (χ2v) is 8.74. The molecule has 0 heterocycles. The molecule has 0 saturated heterocycles. The molecule has 0 aromatic rings. The van der Waals surface area contributed by atoms with E-state index in [-0.39, 0.29) is 0 Å². The van der Waals surface area contributed by atoms with Crippen LogP contribution in [0.25, 0.3) is 0 Å². The molecule has 5 nitrogen and oxygen atoms in total. The lowest BCUT2D eigenvalue weighted by Gasteiger charge is -2.08. The van der Waals surface area contributed by atoms with Crippen molar-refractivity contribution in [3.63, 3.8) is 0 Å². The predicted octanol–water partition coefficient (Wildman–Crippen LogP) is 4.17. The largest absolute Gasteiger partial charge is 0.330 e. The summed E-state index contributed by atoms with van der Waals surface area (Å²) >= 11 is 0. The Balaban J connectivity index is 2.97. The molecule has 0 amide bonds. The summed E-state index contributed by atoms with van der Waals surface area (Å²) in [5.41, 5.74) is 5.49. The van der Waals surface area contributed by atoms with Crippen LogP contribution in [0.3, 0.4) is 0 Å². The van der Waals surface area contributed by atoms with Crippen LogP contribution in [0.2, 0.25) is 0 Å². The minimum Gasteiger partial charge on any atom is -0.330 e. The fraction of sp³-hybridized carbons (Fsp3) is 1.00. The van der Waals surface area contributed by atoms with Gasteiger partial charge in [-0.25, -0.2) is 0 Å². The van der Waals surface area contributed by atoms with Gasteiger partial charge in [-0.2, -0.15) is 0 Å². The van der Waals surface area contributed by atoms with Crippen molar-refractivity contribution < 1.29 is 0 Å². The molecular weight excluding hydrogens is 370 g/mol. The first-order valence-electron chi connectivity index (χ1n) is 13.4. The Bertz CT molecular complexity index is 261. The molecule has 6 N–H and O–H groups in total. The van der Waals surface area contributed by atoms with Crippen LogP contribution in [0.4, 0.5) is 0 Å². The standard InChI is InChI=1S/C25H57N5/c1-2-3-4-5-6-7-9-18-27-20-11-13-22-29-24-15-16-25-30-23-14-12-21-28-19-10-8-17-26/h27-30H,2-26H2,1H3. The molecule has 30 heavy (non-hydrogen) atoms. The Morgan fingerprint density at radius 2 is 0.633 bits per heavy atom. The Morgan fingerprint density at radius 1 is 0.367 bits per heavy atom. The molecule has 0 atom stereocenters. The molecule has 0 spiro atoms. The summed E-state index contributed by atoms with van der Waals surface area (Å²) in [5, 5.41) is 14.2. The third-order valence-electron chi connectivity index (χ3n) is 5.64. The van der Waals surface area contributed by atoms with Gasteiger partial charge in [0.15, 0.2) is 0 Å². The smallest absolute Gasteiger partial charge is 0.00484 e. The number of nitrogens with two attached hydrogens (primary N) is 1. The zero-order chi connectivity index (χ0) is 21.8. The van der Waals surface area contributed by atoms with Crippen molar-refractivity contribution in [3.8, 4) is 0 Å². The van der Waals surface area contributed by atoms with Crippen molar-refractivity contribution >= 4 is 0 Å². The van der Waals surface area contributed by atoms with Crippen LogP contribution in [-0.4, -0.2) is 58.9 Å². The first kappa shape index (κ1) is 29.8. The predicted molar refractivity (Wildman–Crippen MR) is 135 cm³/mol. The Morgan fingerprint density at radius 3 is 0.967 bits per heavy atom. The molecule has 0 aromatic heterocycles. The molecule has 0 aromatic carbocycles. The first-order valence-corrected chi connectivity index (χ1v) is 13.4. The van der Waals surface area contributed by atoms with Gasteiger partial charge < -0.3 is 27.0 Å². The molecule has 0 rings (SSSR count). The molecule has 0 radical (unpaired) electrons. The van der Waals surface area contributed by atoms with Gasteiger partial charge in [0.2, 0.25) is 0 Å². The van der Waals surface area contributed by atoms with Crippen molar-refractivity contribution in [2.45, 2.75) is 103 Å². The summed E-state index contributed by atoms with van der Waals surface area (Å²) in [4.78, 5) is 0. The molecule has 0 aliphatic rings. The van der Waals surface area contributed by atoms with Crippen LogP contribution < -0.4 is 27.0 Å². The zero-order valence-electron chi connectivity index (χ0n) is 20.5. The van der Waals surface area contributed by atoms with E-state index in [1.54, 1.807) is 0 Å². The van der Waals surface area contributed by atoms with Gasteiger partial charge in [-0.05, 0) is 117 Å². The monoisotopic (exact) mass is 427 g/mol. The SMILES string of the molecule is CCCCCCCCCNCCCCNCCCCNCCCCNCCCCN. The van der Waals surface area contributed by atoms with Gasteiger partial charge in [0, 0.05) is 0 Å². The number of hydrogen-bond acceptors (Lipinski definition) is 5. The van der Waals surface area contributed by atoms with Crippen LogP contribution in [0.5, 0.6) is 0 Å². The van der Waals surface area contributed by atoms with Gasteiger partial charge >= 0.3 is 0 Å². The average Bonchev–Trinajstić information content (AvgIpc) is 2.76. The van der Waals surface area contributed by atoms with E-state index in [2.05, 4.69) is 28.2 Å².